The Bertz CT molecular complexity index is 949. The second-order valence-electron chi connectivity index (χ2n) is 7.37. The number of piperazine rings is 1. The Labute approximate surface area is 167 Å². The molecule has 0 bridgehead atoms. The van der Waals surface area contributed by atoms with E-state index in [-0.39, 0.29) is 36.6 Å². The van der Waals surface area contributed by atoms with Crippen LogP contribution >= 0.6 is 0 Å². The summed E-state index contributed by atoms with van der Waals surface area (Å²) in [6.07, 6.45) is 0.408. The van der Waals surface area contributed by atoms with E-state index in [4.69, 9.17) is 4.74 Å². The van der Waals surface area contributed by atoms with Gasteiger partial charge in [-0.15, -0.1) is 0 Å². The highest BCUT2D eigenvalue weighted by Gasteiger charge is 2.51. The molecular weight excluding hydrogens is 375 g/mol. The van der Waals surface area contributed by atoms with E-state index >= 15 is 0 Å². The molecule has 0 aliphatic carbocycles. The number of fused-ring (bicyclic) bond motifs is 1. The minimum atomic E-state index is -0.503. The summed E-state index contributed by atoms with van der Waals surface area (Å²) in [5.41, 5.74) is 1.07. The van der Waals surface area contributed by atoms with Crippen molar-refractivity contribution in [3.05, 3.63) is 71.5 Å². The molecule has 2 aliphatic rings. The van der Waals surface area contributed by atoms with Crippen molar-refractivity contribution in [2.75, 3.05) is 20.2 Å². The smallest absolute Gasteiger partial charge is 0.311 e. The second-order valence-corrected chi connectivity index (χ2v) is 7.37. The van der Waals surface area contributed by atoms with Crippen LogP contribution in [-0.4, -0.2) is 53.8 Å². The third kappa shape index (κ3) is 3.48. The number of halogens is 1. The lowest BCUT2D eigenvalue weighted by atomic mass is 9.93. The highest BCUT2D eigenvalue weighted by Crippen LogP contribution is 2.43. The van der Waals surface area contributed by atoms with Gasteiger partial charge in [0.1, 0.15) is 12.4 Å². The molecule has 0 aromatic heterocycles. The summed E-state index contributed by atoms with van der Waals surface area (Å²) >= 11 is 0. The van der Waals surface area contributed by atoms with Gasteiger partial charge in [0.15, 0.2) is 0 Å². The van der Waals surface area contributed by atoms with E-state index in [2.05, 4.69) is 0 Å². The lowest BCUT2D eigenvalue weighted by molar-refractivity contribution is -0.147. The van der Waals surface area contributed by atoms with E-state index in [1.165, 1.54) is 30.2 Å². The Morgan fingerprint density at radius 3 is 2.55 bits per heavy atom. The molecule has 29 heavy (non-hydrogen) atoms. The summed E-state index contributed by atoms with van der Waals surface area (Å²) in [6, 6.07) is 14.1. The third-order valence-corrected chi connectivity index (χ3v) is 5.65. The first-order chi connectivity index (χ1) is 14.0. The lowest BCUT2D eigenvalue weighted by Gasteiger charge is -2.40. The SMILES string of the molecule is COC(=O)[C@H]1C[C@H]2CN(C(=O)c3cccc(F)c3)CC(=O)N2[C@H]1c1ccccc1. The van der Waals surface area contributed by atoms with Gasteiger partial charge >= 0.3 is 5.97 Å². The van der Waals surface area contributed by atoms with Crippen molar-refractivity contribution in [1.82, 2.24) is 9.80 Å². The number of amides is 2. The molecule has 2 fully saturated rings. The summed E-state index contributed by atoms with van der Waals surface area (Å²) < 4.78 is 18.5. The normalized spacial score (nSPS) is 23.7. The molecule has 7 heteroatoms. The molecule has 3 atom stereocenters. The van der Waals surface area contributed by atoms with Crippen LogP contribution in [0.3, 0.4) is 0 Å². The van der Waals surface area contributed by atoms with Crippen molar-refractivity contribution < 1.29 is 23.5 Å². The summed E-state index contributed by atoms with van der Waals surface area (Å²) in [6.45, 7) is 0.182. The summed E-state index contributed by atoms with van der Waals surface area (Å²) in [5, 5.41) is 0. The number of ether oxygens (including phenoxy) is 1. The number of esters is 1. The number of carbonyl (C=O) groups excluding carboxylic acids is 3. The van der Waals surface area contributed by atoms with Crippen LogP contribution in [0.25, 0.3) is 0 Å². The van der Waals surface area contributed by atoms with Crippen molar-refractivity contribution in [2.24, 2.45) is 5.92 Å². The number of benzene rings is 2. The number of methoxy groups -OCH3 is 1. The van der Waals surface area contributed by atoms with Crippen LogP contribution in [0.2, 0.25) is 0 Å². The molecule has 2 aromatic carbocycles. The summed E-state index contributed by atoms with van der Waals surface area (Å²) in [7, 11) is 1.34. The fourth-order valence-electron chi connectivity index (χ4n) is 4.42. The fourth-order valence-corrected chi connectivity index (χ4v) is 4.42. The second kappa shape index (κ2) is 7.66. The highest BCUT2D eigenvalue weighted by atomic mass is 19.1. The summed E-state index contributed by atoms with van der Waals surface area (Å²) in [5.74, 6) is -2.00. The standard InChI is InChI=1S/C22H21FN2O4/c1-29-22(28)18-11-17-12-24(21(27)15-8-5-9-16(23)10-15)13-19(26)25(17)20(18)14-6-3-2-4-7-14/h2-10,17-18,20H,11-13H2,1H3/t17-,18-,20-/m0/s1. The molecule has 0 unspecified atom stereocenters. The first-order valence-electron chi connectivity index (χ1n) is 9.48. The monoisotopic (exact) mass is 396 g/mol. The Hall–Kier alpha value is -3.22. The van der Waals surface area contributed by atoms with Crippen LogP contribution < -0.4 is 0 Å². The maximum Gasteiger partial charge on any atom is 0.311 e. The maximum absolute atomic E-state index is 13.5. The van der Waals surface area contributed by atoms with Gasteiger partial charge in [-0.25, -0.2) is 4.39 Å². The molecule has 0 spiro atoms. The van der Waals surface area contributed by atoms with Gasteiger partial charge in [-0.3, -0.25) is 14.4 Å². The van der Waals surface area contributed by atoms with Crippen LogP contribution in [0.1, 0.15) is 28.4 Å². The third-order valence-electron chi connectivity index (χ3n) is 5.65. The van der Waals surface area contributed by atoms with Crippen molar-refractivity contribution in [1.29, 1.82) is 0 Å². The van der Waals surface area contributed by atoms with Gasteiger partial charge in [-0.05, 0) is 30.2 Å². The number of carbonyl (C=O) groups is 3. The first-order valence-corrected chi connectivity index (χ1v) is 9.48. The first kappa shape index (κ1) is 19.1. The molecule has 150 valence electrons. The van der Waals surface area contributed by atoms with Crippen LogP contribution in [0.15, 0.2) is 54.6 Å². The Kier molecular flexibility index (Phi) is 5.05. The Balaban J connectivity index is 1.62. The van der Waals surface area contributed by atoms with Crippen LogP contribution in [0.5, 0.6) is 0 Å². The number of rotatable bonds is 3. The quantitative estimate of drug-likeness (QED) is 0.748. The average molecular weight is 396 g/mol. The van der Waals surface area contributed by atoms with Gasteiger partial charge in [0.05, 0.1) is 25.1 Å². The minimum absolute atomic E-state index is 0.108. The summed E-state index contributed by atoms with van der Waals surface area (Å²) in [4.78, 5) is 41.4. The molecule has 2 heterocycles. The number of hydrogen-bond acceptors (Lipinski definition) is 4. The molecule has 2 saturated heterocycles. The van der Waals surface area contributed by atoms with Gasteiger partial charge in [-0.1, -0.05) is 36.4 Å². The van der Waals surface area contributed by atoms with Crippen LogP contribution in [0, 0.1) is 11.7 Å². The van der Waals surface area contributed by atoms with E-state index in [1.54, 1.807) is 4.90 Å². The van der Waals surface area contributed by atoms with E-state index in [9.17, 15) is 18.8 Å². The molecule has 2 aromatic rings. The zero-order valence-electron chi connectivity index (χ0n) is 16.0. The fraction of sp³-hybridized carbons (Fsp3) is 0.318. The predicted octanol–water partition coefficient (Wildman–Crippen LogP) is 2.41. The number of hydrogen-bond donors (Lipinski definition) is 0. The molecule has 2 aliphatic heterocycles. The average Bonchev–Trinajstić information content (AvgIpc) is 3.13. The molecule has 0 radical (unpaired) electrons. The van der Waals surface area contributed by atoms with E-state index in [0.717, 1.165) is 11.6 Å². The number of nitrogens with zero attached hydrogens (tertiary/aromatic N) is 2. The molecule has 0 saturated carbocycles. The highest BCUT2D eigenvalue weighted by molar-refractivity contribution is 5.97. The zero-order valence-corrected chi connectivity index (χ0v) is 16.0. The van der Waals surface area contributed by atoms with Crippen molar-refractivity contribution >= 4 is 17.8 Å². The van der Waals surface area contributed by atoms with Crippen LogP contribution in [-0.2, 0) is 14.3 Å². The Morgan fingerprint density at radius 1 is 1.10 bits per heavy atom. The van der Waals surface area contributed by atoms with Gasteiger partial charge in [0, 0.05) is 12.1 Å². The molecule has 0 N–H and O–H groups in total. The molecule has 4 rings (SSSR count). The van der Waals surface area contributed by atoms with Crippen molar-refractivity contribution in [2.45, 2.75) is 18.5 Å². The molecule has 6 nitrogen and oxygen atoms in total. The molecular formula is C22H21FN2O4. The van der Waals surface area contributed by atoms with Gasteiger partial charge in [0.25, 0.3) is 5.91 Å². The van der Waals surface area contributed by atoms with Gasteiger partial charge in [-0.2, -0.15) is 0 Å². The largest absolute Gasteiger partial charge is 0.469 e. The van der Waals surface area contributed by atoms with Crippen LogP contribution in [0.4, 0.5) is 4.39 Å². The maximum atomic E-state index is 13.5. The van der Waals surface area contributed by atoms with Crippen molar-refractivity contribution in [3.8, 4) is 0 Å². The van der Waals surface area contributed by atoms with Crippen molar-refractivity contribution in [3.63, 3.8) is 0 Å². The van der Waals surface area contributed by atoms with E-state index < -0.39 is 23.7 Å². The van der Waals surface area contributed by atoms with E-state index in [0.29, 0.717) is 6.42 Å². The topological polar surface area (TPSA) is 66.9 Å². The Morgan fingerprint density at radius 2 is 1.86 bits per heavy atom. The minimum Gasteiger partial charge on any atom is -0.469 e. The zero-order chi connectivity index (χ0) is 20.5. The lowest BCUT2D eigenvalue weighted by Crippen LogP contribution is -2.55. The molecule has 2 amide bonds. The van der Waals surface area contributed by atoms with Gasteiger partial charge in [0.2, 0.25) is 5.91 Å². The predicted molar refractivity (Wildman–Crippen MR) is 102 cm³/mol. The van der Waals surface area contributed by atoms with E-state index in [1.807, 2.05) is 30.3 Å². The van der Waals surface area contributed by atoms with Gasteiger partial charge < -0.3 is 14.5 Å².